The molecule has 1 rings (SSSR count). The molecule has 1 aromatic rings. The highest BCUT2D eigenvalue weighted by atomic mass is 15.1. The van der Waals surface area contributed by atoms with E-state index in [2.05, 4.69) is 43.0 Å². The Labute approximate surface area is 92.1 Å². The Morgan fingerprint density at radius 1 is 1.33 bits per heavy atom. The van der Waals surface area contributed by atoms with Crippen LogP contribution in [0, 0.1) is 11.3 Å². The molecule has 0 spiro atoms. The first-order valence-electron chi connectivity index (χ1n) is 5.33. The summed E-state index contributed by atoms with van der Waals surface area (Å²) in [4.78, 5) is 2.15. The lowest BCUT2D eigenvalue weighted by Crippen LogP contribution is -2.19. The Morgan fingerprint density at radius 2 is 2.00 bits per heavy atom. The minimum absolute atomic E-state index is 0.519. The summed E-state index contributed by atoms with van der Waals surface area (Å²) in [5, 5.41) is 8.56. The molecule has 1 aromatic carbocycles. The van der Waals surface area contributed by atoms with E-state index >= 15 is 0 Å². The van der Waals surface area contributed by atoms with Gasteiger partial charge in [0.2, 0.25) is 0 Å². The van der Waals surface area contributed by atoms with Crippen molar-refractivity contribution in [3.8, 4) is 6.07 Å². The quantitative estimate of drug-likeness (QED) is 0.750. The zero-order valence-corrected chi connectivity index (χ0v) is 9.70. The zero-order chi connectivity index (χ0) is 11.3. The molecular formula is C13H18N2. The van der Waals surface area contributed by atoms with Crippen LogP contribution in [0.15, 0.2) is 24.3 Å². The number of rotatable bonds is 4. The fraction of sp³-hybridized carbons (Fsp3) is 0.462. The van der Waals surface area contributed by atoms with E-state index in [1.54, 1.807) is 0 Å². The third-order valence-corrected chi connectivity index (χ3v) is 2.53. The molecule has 0 aliphatic heterocycles. The van der Waals surface area contributed by atoms with E-state index in [0.29, 0.717) is 12.3 Å². The second-order valence-corrected chi connectivity index (χ2v) is 4.04. The highest BCUT2D eigenvalue weighted by molar-refractivity contribution is 5.54. The van der Waals surface area contributed by atoms with Crippen molar-refractivity contribution in [2.45, 2.75) is 26.2 Å². The molecule has 0 aliphatic carbocycles. The van der Waals surface area contributed by atoms with Gasteiger partial charge in [0.1, 0.15) is 0 Å². The first-order valence-corrected chi connectivity index (χ1v) is 5.33. The van der Waals surface area contributed by atoms with Crippen molar-refractivity contribution in [3.05, 3.63) is 29.8 Å². The maximum absolute atomic E-state index is 8.56. The van der Waals surface area contributed by atoms with Crippen LogP contribution < -0.4 is 4.90 Å². The molecule has 15 heavy (non-hydrogen) atoms. The van der Waals surface area contributed by atoms with Crippen LogP contribution >= 0.6 is 0 Å². The minimum Gasteiger partial charge on any atom is -0.373 e. The van der Waals surface area contributed by atoms with Gasteiger partial charge in [-0.3, -0.25) is 0 Å². The van der Waals surface area contributed by atoms with Gasteiger partial charge in [-0.05, 0) is 17.5 Å². The average molecular weight is 202 g/mol. The van der Waals surface area contributed by atoms with Gasteiger partial charge >= 0.3 is 0 Å². The van der Waals surface area contributed by atoms with Crippen molar-refractivity contribution in [2.24, 2.45) is 0 Å². The summed E-state index contributed by atoms with van der Waals surface area (Å²) in [6.07, 6.45) is 0.572. The maximum atomic E-state index is 8.56. The standard InChI is InChI=1S/C13H18N2/c1-11(2)12-7-4-5-8-13(12)15(3)10-6-9-14/h4-5,7-8,11H,6,10H2,1-3H3. The third-order valence-electron chi connectivity index (χ3n) is 2.53. The predicted octanol–water partition coefficient (Wildman–Crippen LogP) is 3.16. The van der Waals surface area contributed by atoms with E-state index in [0.717, 1.165) is 6.54 Å². The smallest absolute Gasteiger partial charge is 0.0640 e. The van der Waals surface area contributed by atoms with Gasteiger partial charge in [0.15, 0.2) is 0 Å². The topological polar surface area (TPSA) is 27.0 Å². The van der Waals surface area contributed by atoms with Gasteiger partial charge in [0.25, 0.3) is 0 Å². The molecule has 2 nitrogen and oxygen atoms in total. The second-order valence-electron chi connectivity index (χ2n) is 4.04. The second kappa shape index (κ2) is 5.41. The summed E-state index contributed by atoms with van der Waals surface area (Å²) < 4.78 is 0. The molecule has 0 unspecified atom stereocenters. The zero-order valence-electron chi connectivity index (χ0n) is 9.70. The van der Waals surface area contributed by atoms with Crippen LogP contribution in [-0.2, 0) is 0 Å². The van der Waals surface area contributed by atoms with Crippen molar-refractivity contribution in [2.75, 3.05) is 18.5 Å². The van der Waals surface area contributed by atoms with Crippen molar-refractivity contribution < 1.29 is 0 Å². The Kier molecular flexibility index (Phi) is 4.17. The van der Waals surface area contributed by atoms with E-state index in [9.17, 15) is 0 Å². The summed E-state index contributed by atoms with van der Waals surface area (Å²) in [7, 11) is 2.04. The number of hydrogen-bond donors (Lipinski definition) is 0. The molecule has 0 aromatic heterocycles. The summed E-state index contributed by atoms with van der Waals surface area (Å²) in [5.41, 5.74) is 2.58. The number of benzene rings is 1. The summed E-state index contributed by atoms with van der Waals surface area (Å²) in [6, 6.07) is 10.6. The molecule has 2 heteroatoms. The van der Waals surface area contributed by atoms with Crippen LogP contribution in [0.1, 0.15) is 31.7 Å². The van der Waals surface area contributed by atoms with Crippen LogP contribution in [0.3, 0.4) is 0 Å². The normalized spacial score (nSPS) is 10.1. The lowest BCUT2D eigenvalue weighted by Gasteiger charge is -2.22. The van der Waals surface area contributed by atoms with Crippen LogP contribution in [0.2, 0.25) is 0 Å². The number of para-hydroxylation sites is 1. The van der Waals surface area contributed by atoms with Gasteiger partial charge in [0.05, 0.1) is 12.5 Å². The first-order chi connectivity index (χ1) is 7.16. The van der Waals surface area contributed by atoms with Crippen molar-refractivity contribution in [1.82, 2.24) is 0 Å². The average Bonchev–Trinajstić information content (AvgIpc) is 2.25. The fourth-order valence-corrected chi connectivity index (χ4v) is 1.66. The van der Waals surface area contributed by atoms with E-state index < -0.39 is 0 Å². The molecule has 0 aliphatic rings. The molecule has 0 bridgehead atoms. The molecule has 0 saturated carbocycles. The Morgan fingerprint density at radius 3 is 2.60 bits per heavy atom. The highest BCUT2D eigenvalue weighted by Gasteiger charge is 2.08. The van der Waals surface area contributed by atoms with Crippen LogP contribution in [0.5, 0.6) is 0 Å². The Bertz CT molecular complexity index is 350. The molecule has 0 fully saturated rings. The maximum Gasteiger partial charge on any atom is 0.0640 e. The lowest BCUT2D eigenvalue weighted by atomic mass is 10.0. The number of nitriles is 1. The fourth-order valence-electron chi connectivity index (χ4n) is 1.66. The minimum atomic E-state index is 0.519. The molecule has 0 atom stereocenters. The highest BCUT2D eigenvalue weighted by Crippen LogP contribution is 2.26. The third kappa shape index (κ3) is 2.99. The number of anilines is 1. The molecule has 0 N–H and O–H groups in total. The summed E-state index contributed by atoms with van der Waals surface area (Å²) >= 11 is 0. The summed E-state index contributed by atoms with van der Waals surface area (Å²) in [6.45, 7) is 5.17. The van der Waals surface area contributed by atoms with Crippen LogP contribution in [0.25, 0.3) is 0 Å². The molecule has 0 amide bonds. The van der Waals surface area contributed by atoms with Crippen LogP contribution in [0.4, 0.5) is 5.69 Å². The molecular weight excluding hydrogens is 184 g/mol. The Balaban J connectivity index is 2.88. The van der Waals surface area contributed by atoms with E-state index in [-0.39, 0.29) is 0 Å². The largest absolute Gasteiger partial charge is 0.373 e. The molecule has 80 valence electrons. The first kappa shape index (κ1) is 11.6. The summed E-state index contributed by atoms with van der Waals surface area (Å²) in [5.74, 6) is 0.519. The van der Waals surface area contributed by atoms with Gasteiger partial charge in [-0.1, -0.05) is 32.0 Å². The lowest BCUT2D eigenvalue weighted by molar-refractivity contribution is 0.835. The van der Waals surface area contributed by atoms with Gasteiger partial charge < -0.3 is 4.90 Å². The van der Waals surface area contributed by atoms with Crippen molar-refractivity contribution >= 4 is 5.69 Å². The monoisotopic (exact) mass is 202 g/mol. The van der Waals surface area contributed by atoms with Gasteiger partial charge in [0, 0.05) is 19.3 Å². The molecule has 0 radical (unpaired) electrons. The van der Waals surface area contributed by atoms with Crippen molar-refractivity contribution in [3.63, 3.8) is 0 Å². The van der Waals surface area contributed by atoms with E-state index in [1.807, 2.05) is 13.1 Å². The van der Waals surface area contributed by atoms with Crippen LogP contribution in [-0.4, -0.2) is 13.6 Å². The number of hydrogen-bond acceptors (Lipinski definition) is 2. The number of nitrogens with zero attached hydrogens (tertiary/aromatic N) is 2. The SMILES string of the molecule is CC(C)c1ccccc1N(C)CCC#N. The molecule has 0 saturated heterocycles. The predicted molar refractivity (Wildman–Crippen MR) is 64.0 cm³/mol. The van der Waals surface area contributed by atoms with E-state index in [4.69, 9.17) is 5.26 Å². The Hall–Kier alpha value is -1.49. The van der Waals surface area contributed by atoms with Gasteiger partial charge in [-0.2, -0.15) is 5.26 Å². The van der Waals surface area contributed by atoms with E-state index in [1.165, 1.54) is 11.3 Å². The van der Waals surface area contributed by atoms with Gasteiger partial charge in [-0.25, -0.2) is 0 Å². The van der Waals surface area contributed by atoms with Crippen molar-refractivity contribution in [1.29, 1.82) is 5.26 Å². The van der Waals surface area contributed by atoms with Gasteiger partial charge in [-0.15, -0.1) is 0 Å². The molecule has 0 heterocycles.